The Balaban J connectivity index is 0.000000156. The normalized spacial score (nSPS) is 13.7. The van der Waals surface area contributed by atoms with Crippen molar-refractivity contribution in [2.24, 2.45) is 0 Å². The minimum atomic E-state index is -0.321. The Labute approximate surface area is 748 Å². The van der Waals surface area contributed by atoms with Gasteiger partial charge in [-0.3, -0.25) is 19.2 Å². The zero-order chi connectivity index (χ0) is 92.1. The third-order valence-corrected chi connectivity index (χ3v) is 23.0. The number of likely N-dealkylation sites (N-methyl/N-ethyl adjacent to an activating group) is 2. The average Bonchev–Trinajstić information content (AvgIpc) is 1.61. The van der Waals surface area contributed by atoms with E-state index in [0.29, 0.717) is 194 Å². The predicted octanol–water partition coefficient (Wildman–Crippen LogP) is 12.0. The second-order valence-electron chi connectivity index (χ2n) is 31.5. The average molecular weight is 1740 g/mol. The van der Waals surface area contributed by atoms with Crippen LogP contribution in [0.5, 0.6) is 0 Å². The summed E-state index contributed by atoms with van der Waals surface area (Å²) >= 11 is 0. The fourth-order valence-electron chi connectivity index (χ4n) is 16.0. The highest BCUT2D eigenvalue weighted by Gasteiger charge is 2.32. The quantitative estimate of drug-likeness (QED) is 0.0184. The summed E-state index contributed by atoms with van der Waals surface area (Å²) in [5, 5.41) is 40.6. The van der Waals surface area contributed by atoms with Gasteiger partial charge in [-0.1, -0.05) is 119 Å². The number of rotatable bonds is 26. The number of aryl methyl sites for hydroxylation is 8. The number of nitrogens with two attached hydrogens (primary N) is 4. The van der Waals surface area contributed by atoms with E-state index in [1.54, 1.807) is 43.9 Å². The van der Waals surface area contributed by atoms with Crippen LogP contribution >= 0.6 is 0 Å². The summed E-state index contributed by atoms with van der Waals surface area (Å²) in [4.78, 5) is 110. The summed E-state index contributed by atoms with van der Waals surface area (Å²) in [5.74, 6) is 0.179. The van der Waals surface area contributed by atoms with Crippen LogP contribution in [-0.2, 0) is 45.4 Å². The first-order chi connectivity index (χ1) is 62.5. The SMILES string of the molecule is [C-]#[N+]/C(=C\c1c(-c2ccc(C)cc2)c2c(N)ncnc2n1CCCO)C(=O)N(CC)CC.[C-]#[N+]/C(=C\c1c(-c2ccc(C)cc2)c2c(N)ncnc2n1CCCO)C(=O)N1CCC1.[C-]#[N+]/C(=C\c1c(-c2ccc(C)cc2)c2c(N)ncnc2n1CCCO)C(=O)N1CCCC1.[C-]#[N+]/C(=C\c1c(-c2ccc(C)cc2)c2c(N)ncnc2n1CCCO)C(=O)N1CCN(C)CC1. The number of piperazine rings is 1. The maximum absolute atomic E-state index is 13.3. The molecule has 3 aliphatic heterocycles. The van der Waals surface area contributed by atoms with Gasteiger partial charge in [0.05, 0.1) is 47.8 Å². The number of carbonyl (C=O) groups is 4. The van der Waals surface area contributed by atoms with Crippen LogP contribution in [0.15, 0.2) is 145 Å². The van der Waals surface area contributed by atoms with Gasteiger partial charge < -0.3 is 86.1 Å². The van der Waals surface area contributed by atoms with Crippen molar-refractivity contribution in [3.63, 3.8) is 0 Å². The van der Waals surface area contributed by atoms with Crippen LogP contribution in [0, 0.1) is 54.0 Å². The van der Waals surface area contributed by atoms with Crippen LogP contribution in [0.1, 0.15) is 104 Å². The molecule has 0 atom stereocenters. The molecule has 3 saturated heterocycles. The minimum Gasteiger partial charge on any atom is -0.396 e. The lowest BCUT2D eigenvalue weighted by Gasteiger charge is -2.32. The molecule has 11 heterocycles. The summed E-state index contributed by atoms with van der Waals surface area (Å²) in [6.07, 6.45) is 17.0. The number of aliphatic hydroxyl groups excluding tert-OH is 4. The van der Waals surface area contributed by atoms with Crippen molar-refractivity contribution in [3.8, 4) is 44.5 Å². The minimum absolute atomic E-state index is 0.000832. The molecular formula is C96H107N25O8. The first-order valence-electron chi connectivity index (χ1n) is 42.9. The van der Waals surface area contributed by atoms with Crippen LogP contribution in [0.2, 0.25) is 0 Å². The number of likely N-dealkylation sites (tertiary alicyclic amines) is 2. The Bertz CT molecular complexity index is 6230. The molecule has 15 rings (SSSR count). The van der Waals surface area contributed by atoms with Gasteiger partial charge >= 0.3 is 0 Å². The van der Waals surface area contributed by atoms with Crippen molar-refractivity contribution in [3.05, 3.63) is 236 Å². The topological polar surface area (TPSA) is 410 Å². The van der Waals surface area contributed by atoms with Crippen molar-refractivity contribution in [2.45, 2.75) is 113 Å². The van der Waals surface area contributed by atoms with Crippen LogP contribution in [0.4, 0.5) is 23.3 Å². The highest BCUT2D eigenvalue weighted by atomic mass is 16.3. The number of hydrogen-bond acceptors (Lipinski definition) is 21. The van der Waals surface area contributed by atoms with Crippen LogP contribution in [0.3, 0.4) is 0 Å². The zero-order valence-electron chi connectivity index (χ0n) is 73.7. The first kappa shape index (κ1) is 93.3. The van der Waals surface area contributed by atoms with Gasteiger partial charge in [0.25, 0.3) is 46.4 Å². The Morgan fingerprint density at radius 1 is 0.364 bits per heavy atom. The molecule has 12 aromatic rings. The van der Waals surface area contributed by atoms with E-state index in [9.17, 15) is 39.6 Å². The largest absolute Gasteiger partial charge is 0.396 e. The third kappa shape index (κ3) is 20.7. The van der Waals surface area contributed by atoms with Crippen LogP contribution in [0.25, 0.3) is 132 Å². The summed E-state index contributed by atoms with van der Waals surface area (Å²) in [5.41, 5.74) is 41.5. The monoisotopic (exact) mass is 1740 g/mol. The van der Waals surface area contributed by atoms with Gasteiger partial charge in [-0.2, -0.15) is 0 Å². The lowest BCUT2D eigenvalue weighted by Crippen LogP contribution is -2.47. The predicted molar refractivity (Wildman–Crippen MR) is 503 cm³/mol. The van der Waals surface area contributed by atoms with E-state index in [2.05, 4.69) is 64.2 Å². The van der Waals surface area contributed by atoms with Crippen molar-refractivity contribution in [2.75, 3.05) is 122 Å². The van der Waals surface area contributed by atoms with Gasteiger partial charge in [-0.05, 0) is 140 Å². The second kappa shape index (κ2) is 43.4. The maximum Gasteiger partial charge on any atom is 0.253 e. The van der Waals surface area contributed by atoms with Gasteiger partial charge in [-0.25, -0.2) is 59.3 Å². The molecule has 129 heavy (non-hydrogen) atoms. The molecule has 0 spiro atoms. The van der Waals surface area contributed by atoms with E-state index >= 15 is 0 Å². The molecule has 0 radical (unpaired) electrons. The number of fused-ring (bicyclic) bond motifs is 4. The Kier molecular flexibility index (Phi) is 31.4. The first-order valence-corrected chi connectivity index (χ1v) is 42.9. The molecular weight excluding hydrogens is 1630 g/mol. The molecule has 33 nitrogen and oxygen atoms in total. The molecule has 8 aromatic heterocycles. The molecule has 0 saturated carbocycles. The Hall–Kier alpha value is -14.8. The van der Waals surface area contributed by atoms with E-state index in [1.807, 2.05) is 164 Å². The van der Waals surface area contributed by atoms with E-state index in [-0.39, 0.29) is 72.8 Å². The molecule has 0 unspecified atom stereocenters. The second-order valence-corrected chi connectivity index (χ2v) is 31.5. The van der Waals surface area contributed by atoms with Gasteiger partial charge in [0, 0.05) is 163 Å². The highest BCUT2D eigenvalue weighted by molar-refractivity contribution is 6.12. The number of aromatic nitrogens is 12. The van der Waals surface area contributed by atoms with Gasteiger partial charge in [-0.15, -0.1) is 0 Å². The fraction of sp³-hybridized carbons (Fsp3) is 0.333. The number of nitrogen functional groups attached to an aromatic ring is 4. The molecule has 0 aliphatic carbocycles. The maximum atomic E-state index is 13.3. The van der Waals surface area contributed by atoms with Crippen molar-refractivity contribution in [1.82, 2.24) is 82.6 Å². The molecule has 33 heteroatoms. The molecule has 12 N–H and O–H groups in total. The highest BCUT2D eigenvalue weighted by Crippen LogP contribution is 2.44. The van der Waals surface area contributed by atoms with Gasteiger partial charge in [0.15, 0.2) is 0 Å². The summed E-state index contributed by atoms with van der Waals surface area (Å²) in [6.45, 7) is 50.8. The van der Waals surface area contributed by atoms with Crippen LogP contribution < -0.4 is 22.9 Å². The number of anilines is 4. The van der Waals surface area contributed by atoms with Crippen molar-refractivity contribution >= 4 is 115 Å². The number of aliphatic hydroxyl groups is 4. The van der Waals surface area contributed by atoms with E-state index in [1.165, 1.54) is 25.3 Å². The molecule has 0 bridgehead atoms. The van der Waals surface area contributed by atoms with Crippen molar-refractivity contribution in [1.29, 1.82) is 0 Å². The third-order valence-electron chi connectivity index (χ3n) is 23.0. The summed E-state index contributed by atoms with van der Waals surface area (Å²) in [7, 11) is 2.02. The lowest BCUT2D eigenvalue weighted by atomic mass is 10.0. The number of nitrogens with zero attached hydrogens (tertiary/aromatic N) is 21. The lowest BCUT2D eigenvalue weighted by molar-refractivity contribution is -0.130. The standard InChI is InChI=1S/C25H29N7O2.C24H26N6O2.C24H28N6O2.C23H24N6O2/c1-17-5-7-18(8-6-17)21-20(15-19(27-2)25(34)31-12-10-30(3)11-13-31)32(9-4-14-33)24-22(21)23(26)28-16-29-24;1-16-6-8-17(9-7-16)20-19(14-18(26-2)24(32)29-10-3-4-11-29)30(12-5-13-31)23-21(20)22(25)27-15-28-23;1-5-29(6-2)24(32)18(26-4)14-19-20(17-10-8-16(3)9-11-17)21-22(25)27-15-28-23(21)30(19)12-7-13-31;1-15-5-7-16(8-6-15)19-18(13-17(25-2)23(31)28-9-3-10-28)29(11-4-12-30)22-20(19)21(24)26-14-27-22/h5-8,15-16,33H,4,9-14H2,1,3H3,(H2,26,28,29);6-9,14-15,31H,3-5,10-13H2,1H3,(H2,25,27,28);8-11,14-15,31H,5-7,12-13H2,1-3H3,(H2,25,27,28);5-8,13-14,30H,3-4,9-12H2,1H3,(H2,24,26,27)/b19-15-;2*18-14-;17-13-. The number of amides is 4. The smallest absolute Gasteiger partial charge is 0.253 e. The van der Waals surface area contributed by atoms with Gasteiger partial charge in [0.1, 0.15) is 71.2 Å². The number of benzene rings is 4. The molecule has 4 amide bonds. The summed E-state index contributed by atoms with van der Waals surface area (Å²) in [6, 6.07) is 31.9. The van der Waals surface area contributed by atoms with Crippen LogP contribution in [-0.4, -0.2) is 226 Å². The van der Waals surface area contributed by atoms with E-state index in [4.69, 9.17) is 49.2 Å². The molecule has 3 aliphatic rings. The molecule has 3 fully saturated rings. The molecule has 664 valence electrons. The Morgan fingerprint density at radius 2 is 0.605 bits per heavy atom. The zero-order valence-corrected chi connectivity index (χ0v) is 73.7. The van der Waals surface area contributed by atoms with Crippen molar-refractivity contribution < 1.29 is 39.6 Å². The van der Waals surface area contributed by atoms with Gasteiger partial charge in [0.2, 0.25) is 0 Å². The molecule has 4 aromatic carbocycles. The number of carbonyl (C=O) groups excluding carboxylic acids is 4. The Morgan fingerprint density at radius 3 is 0.829 bits per heavy atom. The summed E-state index contributed by atoms with van der Waals surface area (Å²) < 4.78 is 7.65. The van der Waals surface area contributed by atoms with E-state index in [0.717, 1.165) is 99.1 Å². The number of hydrogen-bond donors (Lipinski definition) is 8. The fourth-order valence-corrected chi connectivity index (χ4v) is 16.0. The van der Waals surface area contributed by atoms with E-state index < -0.39 is 0 Å².